The van der Waals surface area contributed by atoms with Crippen molar-refractivity contribution in [3.8, 4) is 11.3 Å². The Morgan fingerprint density at radius 1 is 1.33 bits per heavy atom. The molecule has 2 heterocycles. The highest BCUT2D eigenvalue weighted by Gasteiger charge is 2.15. The lowest BCUT2D eigenvalue weighted by atomic mass is 10.1. The number of hydrogen-bond donors (Lipinski definition) is 2. The Kier molecular flexibility index (Phi) is 4.11. The number of carbonyl (C=O) groups excluding carboxylic acids is 1. The van der Waals surface area contributed by atoms with Crippen LogP contribution in [-0.4, -0.2) is 31.8 Å². The monoisotopic (exact) mass is 329 g/mol. The normalized spacial score (nSPS) is 11.2. The number of aromatic amines is 1. The number of amides is 1. The van der Waals surface area contributed by atoms with Crippen LogP contribution < -0.4 is 10.9 Å². The predicted octanol–water partition coefficient (Wildman–Crippen LogP) is 1.29. The van der Waals surface area contributed by atoms with Crippen LogP contribution in [0.15, 0.2) is 35.1 Å². The van der Waals surface area contributed by atoms with Crippen molar-refractivity contribution >= 4 is 11.4 Å². The van der Waals surface area contributed by atoms with Gasteiger partial charge in [0.15, 0.2) is 5.82 Å². The van der Waals surface area contributed by atoms with Crippen molar-refractivity contribution < 1.29 is 9.18 Å². The van der Waals surface area contributed by atoms with Crippen LogP contribution in [0.25, 0.3) is 16.8 Å². The van der Waals surface area contributed by atoms with Crippen molar-refractivity contribution in [2.45, 2.75) is 26.3 Å². The number of benzene rings is 1. The largest absolute Gasteiger partial charge is 0.354 e. The number of nitrogens with zero attached hydrogens (tertiary/aromatic N) is 3. The number of halogens is 1. The summed E-state index contributed by atoms with van der Waals surface area (Å²) in [5, 5.41) is 13.4. The van der Waals surface area contributed by atoms with Crippen molar-refractivity contribution in [1.29, 1.82) is 0 Å². The van der Waals surface area contributed by atoms with Gasteiger partial charge in [-0.15, -0.1) is 0 Å². The Balaban J connectivity index is 2.03. The van der Waals surface area contributed by atoms with E-state index in [1.807, 2.05) is 13.8 Å². The molecular weight excluding hydrogens is 313 g/mol. The highest BCUT2D eigenvalue weighted by molar-refractivity contribution is 5.78. The second kappa shape index (κ2) is 6.23. The van der Waals surface area contributed by atoms with Gasteiger partial charge in [0.25, 0.3) is 5.56 Å². The van der Waals surface area contributed by atoms with Gasteiger partial charge in [-0.05, 0) is 44.2 Å². The molecule has 0 saturated heterocycles. The number of rotatable bonds is 4. The van der Waals surface area contributed by atoms with Crippen molar-refractivity contribution in [2.75, 3.05) is 0 Å². The van der Waals surface area contributed by atoms with Gasteiger partial charge in [-0.3, -0.25) is 9.59 Å². The molecule has 2 N–H and O–H groups in total. The van der Waals surface area contributed by atoms with Crippen molar-refractivity contribution in [3.05, 3.63) is 52.3 Å². The van der Waals surface area contributed by atoms with Crippen LogP contribution in [0.5, 0.6) is 0 Å². The fourth-order valence-corrected chi connectivity index (χ4v) is 2.35. The van der Waals surface area contributed by atoms with E-state index in [4.69, 9.17) is 0 Å². The zero-order valence-electron chi connectivity index (χ0n) is 13.2. The quantitative estimate of drug-likeness (QED) is 0.754. The number of nitrogens with one attached hydrogen (secondary N) is 2. The van der Waals surface area contributed by atoms with Gasteiger partial charge in [-0.25, -0.2) is 14.0 Å². The molecule has 2 aromatic heterocycles. The van der Waals surface area contributed by atoms with E-state index in [1.54, 1.807) is 18.2 Å². The summed E-state index contributed by atoms with van der Waals surface area (Å²) in [6, 6.07) is 7.37. The first-order valence-electron chi connectivity index (χ1n) is 7.46. The zero-order chi connectivity index (χ0) is 17.3. The Bertz CT molecular complexity index is 943. The lowest BCUT2D eigenvalue weighted by Gasteiger charge is -2.08. The van der Waals surface area contributed by atoms with E-state index in [0.29, 0.717) is 17.1 Å². The highest BCUT2D eigenvalue weighted by Crippen LogP contribution is 2.19. The molecule has 24 heavy (non-hydrogen) atoms. The summed E-state index contributed by atoms with van der Waals surface area (Å²) in [6.45, 7) is 3.71. The van der Waals surface area contributed by atoms with Crippen LogP contribution in [0.4, 0.5) is 4.39 Å². The highest BCUT2D eigenvalue weighted by atomic mass is 19.1. The van der Waals surface area contributed by atoms with Crippen LogP contribution in [0, 0.1) is 5.82 Å². The van der Waals surface area contributed by atoms with Gasteiger partial charge in [0.05, 0.1) is 12.1 Å². The molecule has 124 valence electrons. The molecule has 7 nitrogen and oxygen atoms in total. The number of H-pyrrole nitrogens is 1. The third kappa shape index (κ3) is 3.17. The fourth-order valence-electron chi connectivity index (χ4n) is 2.35. The maximum absolute atomic E-state index is 13.0. The molecule has 3 aromatic rings. The minimum Gasteiger partial charge on any atom is -0.354 e. The Hall–Kier alpha value is -3.03. The molecular formula is C16H16FN5O2. The van der Waals surface area contributed by atoms with E-state index in [-0.39, 0.29) is 29.7 Å². The van der Waals surface area contributed by atoms with Crippen LogP contribution >= 0.6 is 0 Å². The molecule has 0 saturated carbocycles. The first kappa shape index (κ1) is 15.9. The average Bonchev–Trinajstić information content (AvgIpc) is 2.96. The summed E-state index contributed by atoms with van der Waals surface area (Å²) in [7, 11) is 0. The molecule has 8 heteroatoms. The van der Waals surface area contributed by atoms with Crippen molar-refractivity contribution in [1.82, 2.24) is 25.1 Å². The van der Waals surface area contributed by atoms with E-state index in [1.165, 1.54) is 16.6 Å². The predicted molar refractivity (Wildman–Crippen MR) is 86.0 cm³/mol. The van der Waals surface area contributed by atoms with Crippen molar-refractivity contribution in [2.24, 2.45) is 0 Å². The third-order valence-corrected chi connectivity index (χ3v) is 3.38. The van der Waals surface area contributed by atoms with Crippen LogP contribution in [-0.2, 0) is 11.2 Å². The molecule has 0 atom stereocenters. The maximum Gasteiger partial charge on any atom is 0.290 e. The van der Waals surface area contributed by atoms with E-state index in [9.17, 15) is 14.0 Å². The number of fused-ring (bicyclic) bond motifs is 1. The van der Waals surface area contributed by atoms with E-state index in [0.717, 1.165) is 0 Å². The molecule has 0 aliphatic rings. The summed E-state index contributed by atoms with van der Waals surface area (Å²) in [6.07, 6.45) is -0.0179. The standard InChI is InChI=1S/C16H16FN5O2/c1-9(2)18-15(23)8-14-19-20-16(24)13-7-12(21-22(13)14)10-3-5-11(17)6-4-10/h3-7,9H,8H2,1-2H3,(H,18,23)(H,20,24). The first-order chi connectivity index (χ1) is 11.4. The Morgan fingerprint density at radius 3 is 2.71 bits per heavy atom. The van der Waals surface area contributed by atoms with Crippen molar-refractivity contribution in [3.63, 3.8) is 0 Å². The summed E-state index contributed by atoms with van der Waals surface area (Å²) in [5.41, 5.74) is 1.02. The second-order valence-electron chi connectivity index (χ2n) is 5.70. The van der Waals surface area contributed by atoms with Gasteiger partial charge in [0, 0.05) is 11.6 Å². The number of aromatic nitrogens is 4. The number of carbonyl (C=O) groups is 1. The summed E-state index contributed by atoms with van der Waals surface area (Å²) in [4.78, 5) is 23.9. The molecule has 0 unspecified atom stereocenters. The number of hydrogen-bond acceptors (Lipinski definition) is 4. The molecule has 3 rings (SSSR count). The average molecular weight is 329 g/mol. The minimum atomic E-state index is -0.413. The second-order valence-corrected chi connectivity index (χ2v) is 5.70. The van der Waals surface area contributed by atoms with E-state index in [2.05, 4.69) is 20.6 Å². The maximum atomic E-state index is 13.0. The molecule has 0 radical (unpaired) electrons. The smallest absolute Gasteiger partial charge is 0.290 e. The zero-order valence-corrected chi connectivity index (χ0v) is 13.2. The van der Waals surface area contributed by atoms with Gasteiger partial charge in [-0.1, -0.05) is 0 Å². The van der Waals surface area contributed by atoms with Crippen LogP contribution in [0.2, 0.25) is 0 Å². The minimum absolute atomic E-state index is 0.00292. The van der Waals surface area contributed by atoms with Gasteiger partial charge >= 0.3 is 0 Å². The van der Waals surface area contributed by atoms with Gasteiger partial charge in [0.1, 0.15) is 11.3 Å². The SMILES string of the molecule is CC(C)NC(=O)Cc1n[nH]c(=O)c2cc(-c3ccc(F)cc3)nn12. The fraction of sp³-hybridized carbons (Fsp3) is 0.250. The van der Waals surface area contributed by atoms with E-state index < -0.39 is 5.56 Å². The van der Waals surface area contributed by atoms with Crippen LogP contribution in [0.1, 0.15) is 19.7 Å². The molecule has 0 aliphatic carbocycles. The summed E-state index contributed by atoms with van der Waals surface area (Å²) in [5.74, 6) is -0.256. The molecule has 0 fully saturated rings. The molecule has 0 spiro atoms. The Labute approximate surface area is 136 Å². The van der Waals surface area contributed by atoms with Gasteiger partial charge in [-0.2, -0.15) is 10.2 Å². The third-order valence-electron chi connectivity index (χ3n) is 3.38. The van der Waals surface area contributed by atoms with Crippen LogP contribution in [0.3, 0.4) is 0 Å². The van der Waals surface area contributed by atoms with Gasteiger partial charge < -0.3 is 5.32 Å². The molecule has 1 aromatic carbocycles. The lowest BCUT2D eigenvalue weighted by Crippen LogP contribution is -2.32. The Morgan fingerprint density at radius 2 is 2.04 bits per heavy atom. The first-order valence-corrected chi connectivity index (χ1v) is 7.46. The summed E-state index contributed by atoms with van der Waals surface area (Å²) >= 11 is 0. The molecule has 0 bridgehead atoms. The lowest BCUT2D eigenvalue weighted by molar-refractivity contribution is -0.121. The molecule has 0 aliphatic heterocycles. The summed E-state index contributed by atoms with van der Waals surface area (Å²) < 4.78 is 14.4. The topological polar surface area (TPSA) is 92.1 Å². The molecule has 1 amide bonds. The van der Waals surface area contributed by atoms with Gasteiger partial charge in [0.2, 0.25) is 5.91 Å². The van der Waals surface area contributed by atoms with E-state index >= 15 is 0 Å².